The topological polar surface area (TPSA) is 111 Å². The van der Waals surface area contributed by atoms with E-state index in [1.165, 1.54) is 19.4 Å². The fourth-order valence-electron chi connectivity index (χ4n) is 3.66. The molecule has 2 aromatic rings. The number of azo groups is 1. The molecule has 0 atom stereocenters. The van der Waals surface area contributed by atoms with E-state index < -0.39 is 11.9 Å². The average Bonchev–Trinajstić information content (AvgIpc) is 3.02. The van der Waals surface area contributed by atoms with Gasteiger partial charge in [-0.2, -0.15) is 10.2 Å². The van der Waals surface area contributed by atoms with Crippen molar-refractivity contribution in [2.24, 2.45) is 16.0 Å². The molecular formula is C38H49N3O4. The molecule has 7 nitrogen and oxygen atoms in total. The summed E-state index contributed by atoms with van der Waals surface area (Å²) in [6, 6.07) is 11.0. The zero-order valence-corrected chi connectivity index (χ0v) is 27.3. The maximum Gasteiger partial charge on any atom is 0.311 e. The third-order valence-electron chi connectivity index (χ3n) is 5.91. The lowest BCUT2D eigenvalue weighted by Gasteiger charge is -2.08. The minimum atomic E-state index is -0.524. The standard InChI is InChI=1S/C35H41N3O4.C3H8/c1-3-4-5-6-7-8-9-10-11-12-13-14-15-16-17-18-19-20-34(40)42-33-26-25-31(27-32(33)28(2)39)38-37-30-23-21-29(22-24-30)35(36)41;1-3-2/h4-5,7-8,10-11,13-14,16-17,21-27H,3,6,9,12,15,18-20H2,1-2H3,(H2,36,41);3H2,1-2H3/b5-4-,8-7-,11-10-,14-13-,17-16-,38-37?;. The molecular weight excluding hydrogens is 562 g/mol. The lowest BCUT2D eigenvalue weighted by Crippen LogP contribution is -2.10. The van der Waals surface area contributed by atoms with Crippen molar-refractivity contribution in [3.8, 4) is 5.75 Å². The van der Waals surface area contributed by atoms with Crippen molar-refractivity contribution in [1.29, 1.82) is 0 Å². The van der Waals surface area contributed by atoms with Crippen molar-refractivity contribution < 1.29 is 19.1 Å². The van der Waals surface area contributed by atoms with Crippen LogP contribution in [-0.4, -0.2) is 17.7 Å². The highest BCUT2D eigenvalue weighted by molar-refractivity contribution is 5.98. The Morgan fingerprint density at radius 2 is 1.20 bits per heavy atom. The number of unbranched alkanes of at least 4 members (excludes halogenated alkanes) is 1. The summed E-state index contributed by atoms with van der Waals surface area (Å²) in [7, 11) is 0. The van der Waals surface area contributed by atoms with Crippen LogP contribution in [0.2, 0.25) is 0 Å². The Labute approximate surface area is 269 Å². The van der Waals surface area contributed by atoms with Crippen LogP contribution in [0.25, 0.3) is 0 Å². The first-order chi connectivity index (χ1) is 21.8. The highest BCUT2D eigenvalue weighted by Crippen LogP contribution is 2.27. The Balaban J connectivity index is 0.00000324. The van der Waals surface area contributed by atoms with Crippen molar-refractivity contribution in [2.75, 3.05) is 0 Å². The van der Waals surface area contributed by atoms with Crippen LogP contribution in [0.1, 0.15) is 106 Å². The molecule has 0 bridgehead atoms. The lowest BCUT2D eigenvalue weighted by atomic mass is 10.1. The summed E-state index contributed by atoms with van der Waals surface area (Å²) in [5, 5.41) is 8.25. The minimum Gasteiger partial charge on any atom is -0.426 e. The Morgan fingerprint density at radius 3 is 1.71 bits per heavy atom. The molecule has 240 valence electrons. The second-order valence-corrected chi connectivity index (χ2v) is 10.1. The first-order valence-corrected chi connectivity index (χ1v) is 15.7. The maximum atomic E-state index is 12.4. The lowest BCUT2D eigenvalue weighted by molar-refractivity contribution is -0.134. The van der Waals surface area contributed by atoms with E-state index in [1.54, 1.807) is 36.4 Å². The fraction of sp³-hybridized carbons (Fsp3) is 0.342. The maximum absolute atomic E-state index is 12.4. The molecule has 2 N–H and O–H groups in total. The summed E-state index contributed by atoms with van der Waals surface area (Å²) in [6.45, 7) is 7.79. The van der Waals surface area contributed by atoms with Gasteiger partial charge in [-0.15, -0.1) is 0 Å². The van der Waals surface area contributed by atoms with Crippen molar-refractivity contribution in [3.63, 3.8) is 0 Å². The van der Waals surface area contributed by atoms with E-state index >= 15 is 0 Å². The van der Waals surface area contributed by atoms with Crippen LogP contribution >= 0.6 is 0 Å². The third kappa shape index (κ3) is 18.6. The number of esters is 1. The van der Waals surface area contributed by atoms with Gasteiger partial charge in [0.05, 0.1) is 16.9 Å². The van der Waals surface area contributed by atoms with Crippen LogP contribution in [0.15, 0.2) is 113 Å². The molecule has 45 heavy (non-hydrogen) atoms. The van der Waals surface area contributed by atoms with Gasteiger partial charge < -0.3 is 10.5 Å². The highest BCUT2D eigenvalue weighted by atomic mass is 16.5. The highest BCUT2D eigenvalue weighted by Gasteiger charge is 2.13. The number of ketones is 1. The monoisotopic (exact) mass is 611 g/mol. The molecule has 0 radical (unpaired) electrons. The molecule has 7 heteroatoms. The molecule has 2 aromatic carbocycles. The van der Waals surface area contributed by atoms with Crippen LogP contribution in [0, 0.1) is 0 Å². The second kappa shape index (κ2) is 24.8. The van der Waals surface area contributed by atoms with Crippen LogP contribution in [0.4, 0.5) is 11.4 Å². The predicted molar refractivity (Wildman–Crippen MR) is 185 cm³/mol. The summed E-state index contributed by atoms with van der Waals surface area (Å²) in [6.07, 6.45) is 29.2. The number of benzene rings is 2. The smallest absolute Gasteiger partial charge is 0.311 e. The number of amides is 1. The summed E-state index contributed by atoms with van der Waals surface area (Å²) < 4.78 is 5.46. The molecule has 0 aromatic heterocycles. The van der Waals surface area contributed by atoms with Gasteiger partial charge in [0.2, 0.25) is 5.91 Å². The Bertz CT molecular complexity index is 1350. The number of Topliss-reactive ketones (excluding diaryl/α,β-unsaturated/α-hetero) is 1. The van der Waals surface area contributed by atoms with Gasteiger partial charge in [-0.05, 0) is 94.3 Å². The molecule has 0 aliphatic heterocycles. The minimum absolute atomic E-state index is 0.201. The van der Waals surface area contributed by atoms with Crippen LogP contribution in [0.5, 0.6) is 5.75 Å². The van der Waals surface area contributed by atoms with Gasteiger partial charge in [0, 0.05) is 12.0 Å². The van der Waals surface area contributed by atoms with Gasteiger partial charge in [-0.25, -0.2) is 0 Å². The van der Waals surface area contributed by atoms with Gasteiger partial charge >= 0.3 is 5.97 Å². The number of nitrogens with two attached hydrogens (primary N) is 1. The molecule has 0 spiro atoms. The number of nitrogens with zero attached hydrogens (tertiary/aromatic N) is 2. The number of carbonyl (C=O) groups is 3. The van der Waals surface area contributed by atoms with Crippen molar-refractivity contribution >= 4 is 29.0 Å². The molecule has 0 unspecified atom stereocenters. The predicted octanol–water partition coefficient (Wildman–Crippen LogP) is 10.6. The van der Waals surface area contributed by atoms with E-state index in [1.807, 2.05) is 0 Å². The summed E-state index contributed by atoms with van der Waals surface area (Å²) in [4.78, 5) is 35.7. The number of rotatable bonds is 18. The number of hydrogen-bond donors (Lipinski definition) is 1. The second-order valence-electron chi connectivity index (χ2n) is 10.1. The van der Waals surface area contributed by atoms with Gasteiger partial charge in [0.25, 0.3) is 0 Å². The van der Waals surface area contributed by atoms with Crippen LogP contribution in [0.3, 0.4) is 0 Å². The quantitative estimate of drug-likeness (QED) is 0.0451. The van der Waals surface area contributed by atoms with E-state index in [-0.39, 0.29) is 23.5 Å². The number of carbonyl (C=O) groups excluding carboxylic acids is 3. The molecule has 0 aliphatic rings. The van der Waals surface area contributed by atoms with Crippen molar-refractivity contribution in [3.05, 3.63) is 114 Å². The number of primary amides is 1. The molecule has 1 amide bonds. The first kappa shape index (κ1) is 38.4. The van der Waals surface area contributed by atoms with E-state index in [0.29, 0.717) is 23.4 Å². The molecule has 0 saturated carbocycles. The molecule has 2 rings (SSSR count). The SMILES string of the molecule is CC/C=C\C/C=C\C/C=C\C/C=C\C/C=C\CCCC(=O)Oc1ccc(N=Nc2ccc(C(N)=O)cc2)cc1C(C)=O.CCC. The summed E-state index contributed by atoms with van der Waals surface area (Å²) in [5.74, 6) is -0.968. The number of hydrogen-bond acceptors (Lipinski definition) is 6. The van der Waals surface area contributed by atoms with Gasteiger partial charge in [-0.3, -0.25) is 14.4 Å². The number of ether oxygens (including phenoxy) is 1. The zero-order valence-electron chi connectivity index (χ0n) is 27.3. The summed E-state index contributed by atoms with van der Waals surface area (Å²) in [5.41, 5.74) is 6.81. The molecule has 0 aliphatic carbocycles. The summed E-state index contributed by atoms with van der Waals surface area (Å²) >= 11 is 0. The van der Waals surface area contributed by atoms with Gasteiger partial charge in [0.15, 0.2) is 5.78 Å². The van der Waals surface area contributed by atoms with Crippen LogP contribution < -0.4 is 10.5 Å². The largest absolute Gasteiger partial charge is 0.426 e. The van der Waals surface area contributed by atoms with Crippen molar-refractivity contribution in [1.82, 2.24) is 0 Å². The van der Waals surface area contributed by atoms with E-state index in [2.05, 4.69) is 91.8 Å². The van der Waals surface area contributed by atoms with Crippen LogP contribution in [-0.2, 0) is 4.79 Å². The fourth-order valence-corrected chi connectivity index (χ4v) is 3.66. The zero-order chi connectivity index (χ0) is 33.1. The Kier molecular flexibility index (Phi) is 21.1. The van der Waals surface area contributed by atoms with E-state index in [9.17, 15) is 14.4 Å². The normalized spacial score (nSPS) is 11.7. The molecule has 0 fully saturated rings. The number of allylic oxidation sites excluding steroid dienone is 10. The van der Waals surface area contributed by atoms with E-state index in [4.69, 9.17) is 10.5 Å². The average molecular weight is 612 g/mol. The molecule has 0 saturated heterocycles. The van der Waals surface area contributed by atoms with Crippen molar-refractivity contribution in [2.45, 2.75) is 85.5 Å². The molecule has 0 heterocycles. The van der Waals surface area contributed by atoms with E-state index in [0.717, 1.165) is 38.5 Å². The van der Waals surface area contributed by atoms with Gasteiger partial charge in [0.1, 0.15) is 5.75 Å². The first-order valence-electron chi connectivity index (χ1n) is 15.7. The third-order valence-corrected chi connectivity index (χ3v) is 5.91. The Morgan fingerprint density at radius 1 is 0.711 bits per heavy atom. The Hall–Kier alpha value is -4.65. The van der Waals surface area contributed by atoms with Gasteiger partial charge in [-0.1, -0.05) is 88.0 Å².